The van der Waals surface area contributed by atoms with Crippen molar-refractivity contribution >= 4 is 12.2 Å². The quantitative estimate of drug-likeness (QED) is 0.543. The molecule has 14 heavy (non-hydrogen) atoms. The first-order chi connectivity index (χ1) is 6.84. The summed E-state index contributed by atoms with van der Waals surface area (Å²) in [5.41, 5.74) is 4.53. The maximum absolute atomic E-state index is 5.18. The molecular weight excluding hydrogens is 196 g/mol. The smallest absolute Gasteiger partial charge is 0.133 e. The molecule has 2 aromatic heterocycles. The summed E-state index contributed by atoms with van der Waals surface area (Å²) in [6, 6.07) is 0. The third-order valence-electron chi connectivity index (χ3n) is 2.55. The molecule has 0 amide bonds. The van der Waals surface area contributed by atoms with Crippen molar-refractivity contribution in [1.82, 2.24) is 19.9 Å². The molecule has 0 fully saturated rings. The van der Waals surface area contributed by atoms with E-state index in [4.69, 9.17) is 12.2 Å². The zero-order valence-corrected chi connectivity index (χ0v) is 8.19. The summed E-state index contributed by atoms with van der Waals surface area (Å²) in [5, 5.41) is 0. The molecule has 0 aliphatic heterocycles. The summed E-state index contributed by atoms with van der Waals surface area (Å²) >= 11 is 5.18. The minimum Gasteiger partial charge on any atom is -0.349 e. The molecule has 0 spiro atoms. The fraction of sp³-hybridized carbons (Fsp3) is 0.222. The SMILES string of the molecule is S=c1nc[nH]c2c1Cc1[nH]cnc1C2. The van der Waals surface area contributed by atoms with Gasteiger partial charge in [0.1, 0.15) is 4.64 Å². The fourth-order valence-electron chi connectivity index (χ4n) is 1.80. The highest BCUT2D eigenvalue weighted by Gasteiger charge is 2.18. The highest BCUT2D eigenvalue weighted by molar-refractivity contribution is 7.71. The highest BCUT2D eigenvalue weighted by Crippen LogP contribution is 2.22. The number of nitrogens with one attached hydrogen (secondary N) is 2. The molecule has 1 aliphatic rings. The van der Waals surface area contributed by atoms with Gasteiger partial charge in [-0.1, -0.05) is 12.2 Å². The number of aromatic nitrogens is 4. The standard InChI is InChI=1S/C9H8N4S/c14-9-5-1-7-8(12-3-11-7)2-6(5)10-4-13-9/h3-4H,1-2H2,(H,11,12)(H,10,13,14). The van der Waals surface area contributed by atoms with Crippen LogP contribution >= 0.6 is 12.2 Å². The van der Waals surface area contributed by atoms with Crippen molar-refractivity contribution in [2.75, 3.05) is 0 Å². The minimum absolute atomic E-state index is 0.694. The van der Waals surface area contributed by atoms with E-state index in [1.807, 2.05) is 0 Å². The number of nitrogens with zero attached hydrogens (tertiary/aromatic N) is 2. The van der Waals surface area contributed by atoms with Gasteiger partial charge in [0.05, 0.1) is 18.3 Å². The zero-order valence-electron chi connectivity index (χ0n) is 7.37. The topological polar surface area (TPSA) is 57.4 Å². The van der Waals surface area contributed by atoms with Gasteiger partial charge in [-0.25, -0.2) is 9.97 Å². The van der Waals surface area contributed by atoms with E-state index in [0.717, 1.165) is 35.5 Å². The Morgan fingerprint density at radius 2 is 1.86 bits per heavy atom. The summed E-state index contributed by atoms with van der Waals surface area (Å²) < 4.78 is 0.694. The molecule has 5 heteroatoms. The summed E-state index contributed by atoms with van der Waals surface area (Å²) in [6.45, 7) is 0. The molecule has 3 rings (SSSR count). The van der Waals surface area contributed by atoms with Crippen LogP contribution in [0, 0.1) is 4.64 Å². The van der Waals surface area contributed by atoms with Gasteiger partial charge in [0.2, 0.25) is 0 Å². The minimum atomic E-state index is 0.694. The van der Waals surface area contributed by atoms with Crippen LogP contribution in [0.5, 0.6) is 0 Å². The van der Waals surface area contributed by atoms with Crippen LogP contribution in [-0.2, 0) is 12.8 Å². The Morgan fingerprint density at radius 1 is 1.07 bits per heavy atom. The molecule has 1 aliphatic carbocycles. The maximum atomic E-state index is 5.18. The van der Waals surface area contributed by atoms with Crippen molar-refractivity contribution in [3.8, 4) is 0 Å². The fourth-order valence-corrected chi connectivity index (χ4v) is 2.05. The van der Waals surface area contributed by atoms with Gasteiger partial charge in [-0.15, -0.1) is 0 Å². The van der Waals surface area contributed by atoms with Gasteiger partial charge in [-0.3, -0.25) is 0 Å². The first-order valence-corrected chi connectivity index (χ1v) is 4.82. The van der Waals surface area contributed by atoms with Gasteiger partial charge in [0.25, 0.3) is 0 Å². The number of fused-ring (bicyclic) bond motifs is 2. The molecule has 70 valence electrons. The Morgan fingerprint density at radius 3 is 2.79 bits per heavy atom. The monoisotopic (exact) mass is 204 g/mol. The van der Waals surface area contributed by atoms with Crippen LogP contribution in [0.15, 0.2) is 12.7 Å². The number of aromatic amines is 2. The molecular formula is C9H8N4S. The number of H-pyrrole nitrogens is 2. The van der Waals surface area contributed by atoms with Crippen molar-refractivity contribution < 1.29 is 0 Å². The average molecular weight is 204 g/mol. The van der Waals surface area contributed by atoms with Crippen molar-refractivity contribution in [2.45, 2.75) is 12.8 Å². The number of rotatable bonds is 0. The molecule has 0 unspecified atom stereocenters. The second kappa shape index (κ2) is 2.75. The van der Waals surface area contributed by atoms with Gasteiger partial charge in [0, 0.05) is 29.8 Å². The lowest BCUT2D eigenvalue weighted by Gasteiger charge is -2.13. The lowest BCUT2D eigenvalue weighted by atomic mass is 9.98. The summed E-state index contributed by atoms with van der Waals surface area (Å²) in [4.78, 5) is 14.6. The summed E-state index contributed by atoms with van der Waals surface area (Å²) in [7, 11) is 0. The molecule has 4 nitrogen and oxygen atoms in total. The van der Waals surface area contributed by atoms with Crippen LogP contribution in [-0.4, -0.2) is 19.9 Å². The van der Waals surface area contributed by atoms with Crippen molar-refractivity contribution in [3.05, 3.63) is 39.9 Å². The normalized spacial score (nSPS) is 13.4. The van der Waals surface area contributed by atoms with E-state index in [1.54, 1.807) is 12.7 Å². The van der Waals surface area contributed by atoms with Gasteiger partial charge >= 0.3 is 0 Å². The largest absolute Gasteiger partial charge is 0.349 e. The van der Waals surface area contributed by atoms with E-state index in [1.165, 1.54) is 0 Å². The first kappa shape index (κ1) is 7.87. The number of hydrogen-bond donors (Lipinski definition) is 2. The Bertz CT molecular complexity index is 540. The predicted octanol–water partition coefficient (Wildman–Crippen LogP) is 1.36. The second-order valence-corrected chi connectivity index (χ2v) is 3.73. The van der Waals surface area contributed by atoms with E-state index in [-0.39, 0.29) is 0 Å². The molecule has 2 aromatic rings. The van der Waals surface area contributed by atoms with E-state index < -0.39 is 0 Å². The molecule has 0 atom stereocenters. The van der Waals surface area contributed by atoms with E-state index >= 15 is 0 Å². The third kappa shape index (κ3) is 1.02. The van der Waals surface area contributed by atoms with E-state index in [9.17, 15) is 0 Å². The number of hydrogen-bond acceptors (Lipinski definition) is 3. The first-order valence-electron chi connectivity index (χ1n) is 4.41. The maximum Gasteiger partial charge on any atom is 0.133 e. The van der Waals surface area contributed by atoms with Crippen molar-refractivity contribution in [3.63, 3.8) is 0 Å². The zero-order chi connectivity index (χ0) is 9.54. The molecule has 2 N–H and O–H groups in total. The Balaban J connectivity index is 2.21. The van der Waals surface area contributed by atoms with Crippen LogP contribution in [0.25, 0.3) is 0 Å². The van der Waals surface area contributed by atoms with Gasteiger partial charge < -0.3 is 9.97 Å². The average Bonchev–Trinajstić information content (AvgIpc) is 2.62. The van der Waals surface area contributed by atoms with E-state index in [0.29, 0.717) is 4.64 Å². The summed E-state index contributed by atoms with van der Waals surface area (Å²) in [6.07, 6.45) is 5.01. The van der Waals surface area contributed by atoms with Crippen LogP contribution in [0.4, 0.5) is 0 Å². The van der Waals surface area contributed by atoms with Crippen molar-refractivity contribution in [2.24, 2.45) is 0 Å². The van der Waals surface area contributed by atoms with Crippen LogP contribution in [0.3, 0.4) is 0 Å². The molecule has 2 heterocycles. The van der Waals surface area contributed by atoms with Crippen LogP contribution < -0.4 is 0 Å². The predicted molar refractivity (Wildman–Crippen MR) is 53.6 cm³/mol. The summed E-state index contributed by atoms with van der Waals surface area (Å²) in [5.74, 6) is 0. The number of imidazole rings is 1. The third-order valence-corrected chi connectivity index (χ3v) is 2.90. The lowest BCUT2D eigenvalue weighted by Crippen LogP contribution is -2.10. The van der Waals surface area contributed by atoms with Gasteiger partial charge in [0.15, 0.2) is 0 Å². The lowest BCUT2D eigenvalue weighted by molar-refractivity contribution is 0.876. The molecule has 0 saturated carbocycles. The molecule has 0 saturated heterocycles. The van der Waals surface area contributed by atoms with Crippen LogP contribution in [0.2, 0.25) is 0 Å². The molecule has 0 radical (unpaired) electrons. The Labute approximate surface area is 85.4 Å². The Hall–Kier alpha value is -1.49. The second-order valence-electron chi connectivity index (χ2n) is 3.35. The van der Waals surface area contributed by atoms with Crippen molar-refractivity contribution in [1.29, 1.82) is 0 Å². The highest BCUT2D eigenvalue weighted by atomic mass is 32.1. The molecule has 0 bridgehead atoms. The van der Waals surface area contributed by atoms with Gasteiger partial charge in [-0.2, -0.15) is 0 Å². The van der Waals surface area contributed by atoms with Crippen LogP contribution in [0.1, 0.15) is 22.6 Å². The van der Waals surface area contributed by atoms with E-state index in [2.05, 4.69) is 19.9 Å². The van der Waals surface area contributed by atoms with Gasteiger partial charge in [-0.05, 0) is 0 Å². The Kier molecular flexibility index (Phi) is 1.55. The molecule has 0 aromatic carbocycles.